The van der Waals surface area contributed by atoms with E-state index in [1.807, 2.05) is 11.0 Å². The summed E-state index contributed by atoms with van der Waals surface area (Å²) in [5.41, 5.74) is 8.60. The lowest BCUT2D eigenvalue weighted by atomic mass is 9.82. The lowest BCUT2D eigenvalue weighted by Gasteiger charge is -2.35. The summed E-state index contributed by atoms with van der Waals surface area (Å²) in [7, 11) is 0. The Bertz CT molecular complexity index is 477. The number of hydrogen-bond acceptors (Lipinski definition) is 2. The zero-order valence-corrected chi connectivity index (χ0v) is 12.6. The Kier molecular flexibility index (Phi) is 5.06. The summed E-state index contributed by atoms with van der Waals surface area (Å²) in [5, 5.41) is 0. The van der Waals surface area contributed by atoms with E-state index in [1.54, 1.807) is 0 Å². The van der Waals surface area contributed by atoms with E-state index in [9.17, 15) is 4.79 Å². The summed E-state index contributed by atoms with van der Waals surface area (Å²) in [6.07, 6.45) is 5.31. The quantitative estimate of drug-likeness (QED) is 0.865. The zero-order valence-electron chi connectivity index (χ0n) is 11.8. The highest BCUT2D eigenvalue weighted by Gasteiger charge is 2.31. The molecule has 1 fully saturated rings. The van der Waals surface area contributed by atoms with Crippen molar-refractivity contribution in [3.05, 3.63) is 35.4 Å². The smallest absolute Gasteiger partial charge is 0.230 e. The molecule has 3 nitrogen and oxygen atoms in total. The molecule has 0 radical (unpaired) electrons. The van der Waals surface area contributed by atoms with Gasteiger partial charge in [0.05, 0.1) is 5.92 Å². The fraction of sp³-hybridized carbons (Fsp3) is 0.562. The first kappa shape index (κ1) is 15.3. The number of rotatable bonds is 1. The average molecular weight is 295 g/mol. The SMILES string of the molecule is Cl.N[C@@H]1CCCN(C(=O)C2CCCc3ccccc32)C1. The number of nitrogens with two attached hydrogens (primary N) is 1. The van der Waals surface area contributed by atoms with Gasteiger partial charge in [0.25, 0.3) is 0 Å². The molecule has 1 aliphatic carbocycles. The second-order valence-corrected chi connectivity index (χ2v) is 5.83. The number of benzene rings is 1. The molecule has 1 heterocycles. The first-order chi connectivity index (χ1) is 9.25. The predicted molar refractivity (Wildman–Crippen MR) is 83.2 cm³/mol. The van der Waals surface area contributed by atoms with Crippen LogP contribution >= 0.6 is 12.4 Å². The summed E-state index contributed by atoms with van der Waals surface area (Å²) in [5.74, 6) is 0.359. The maximum atomic E-state index is 12.7. The highest BCUT2D eigenvalue weighted by Crippen LogP contribution is 2.33. The van der Waals surface area contributed by atoms with E-state index in [0.717, 1.165) is 45.2 Å². The van der Waals surface area contributed by atoms with Crippen molar-refractivity contribution in [2.45, 2.75) is 44.1 Å². The van der Waals surface area contributed by atoms with Crippen molar-refractivity contribution in [2.75, 3.05) is 13.1 Å². The Morgan fingerprint density at radius 3 is 2.80 bits per heavy atom. The van der Waals surface area contributed by atoms with Gasteiger partial charge in [0.15, 0.2) is 0 Å². The molecule has 1 unspecified atom stereocenters. The minimum Gasteiger partial charge on any atom is -0.341 e. The predicted octanol–water partition coefficient (Wildman–Crippen LogP) is 2.48. The fourth-order valence-corrected chi connectivity index (χ4v) is 3.44. The van der Waals surface area contributed by atoms with E-state index in [4.69, 9.17) is 5.73 Å². The van der Waals surface area contributed by atoms with Gasteiger partial charge in [-0.05, 0) is 43.2 Å². The van der Waals surface area contributed by atoms with Crippen molar-refractivity contribution in [1.29, 1.82) is 0 Å². The number of piperidine rings is 1. The van der Waals surface area contributed by atoms with E-state index in [2.05, 4.69) is 18.2 Å². The van der Waals surface area contributed by atoms with Crippen LogP contribution < -0.4 is 5.73 Å². The minimum absolute atomic E-state index is 0. The van der Waals surface area contributed by atoms with E-state index in [1.165, 1.54) is 11.1 Å². The summed E-state index contributed by atoms with van der Waals surface area (Å²) in [4.78, 5) is 14.7. The van der Waals surface area contributed by atoms with Gasteiger partial charge in [0.1, 0.15) is 0 Å². The molecule has 0 saturated carbocycles. The summed E-state index contributed by atoms with van der Waals surface area (Å²) < 4.78 is 0. The van der Waals surface area contributed by atoms with E-state index < -0.39 is 0 Å². The Balaban J connectivity index is 0.00000147. The highest BCUT2D eigenvalue weighted by atomic mass is 35.5. The maximum Gasteiger partial charge on any atom is 0.230 e. The largest absolute Gasteiger partial charge is 0.341 e. The van der Waals surface area contributed by atoms with E-state index in [-0.39, 0.29) is 24.4 Å². The number of amides is 1. The fourth-order valence-electron chi connectivity index (χ4n) is 3.44. The van der Waals surface area contributed by atoms with Gasteiger partial charge in [-0.3, -0.25) is 4.79 Å². The number of carbonyl (C=O) groups is 1. The first-order valence-corrected chi connectivity index (χ1v) is 7.38. The van der Waals surface area contributed by atoms with Crippen molar-refractivity contribution in [3.8, 4) is 0 Å². The monoisotopic (exact) mass is 294 g/mol. The molecule has 1 amide bonds. The van der Waals surface area contributed by atoms with Crippen LogP contribution in [0.5, 0.6) is 0 Å². The number of likely N-dealkylation sites (tertiary alicyclic amines) is 1. The molecule has 2 aliphatic rings. The molecule has 0 bridgehead atoms. The lowest BCUT2D eigenvalue weighted by Crippen LogP contribution is -2.47. The van der Waals surface area contributed by atoms with Crippen LogP contribution in [0.2, 0.25) is 0 Å². The van der Waals surface area contributed by atoms with Crippen LogP contribution in [0.4, 0.5) is 0 Å². The van der Waals surface area contributed by atoms with Crippen LogP contribution in [0.25, 0.3) is 0 Å². The van der Waals surface area contributed by atoms with Gasteiger partial charge >= 0.3 is 0 Å². The molecule has 2 atom stereocenters. The minimum atomic E-state index is 0. The molecule has 1 saturated heterocycles. The van der Waals surface area contributed by atoms with Gasteiger partial charge in [0.2, 0.25) is 5.91 Å². The van der Waals surface area contributed by atoms with Crippen LogP contribution in [0.1, 0.15) is 42.7 Å². The number of hydrogen-bond donors (Lipinski definition) is 1. The third kappa shape index (κ3) is 2.99. The molecule has 110 valence electrons. The van der Waals surface area contributed by atoms with Crippen molar-refractivity contribution in [2.24, 2.45) is 5.73 Å². The Labute approximate surface area is 126 Å². The van der Waals surface area contributed by atoms with Crippen molar-refractivity contribution < 1.29 is 4.79 Å². The average Bonchev–Trinajstić information content (AvgIpc) is 2.46. The number of aryl methyl sites for hydroxylation is 1. The van der Waals surface area contributed by atoms with Crippen LogP contribution in [0.3, 0.4) is 0 Å². The van der Waals surface area contributed by atoms with Gasteiger partial charge in [-0.2, -0.15) is 0 Å². The second-order valence-electron chi connectivity index (χ2n) is 5.83. The molecule has 4 heteroatoms. The van der Waals surface area contributed by atoms with Gasteiger partial charge in [0, 0.05) is 19.1 Å². The Morgan fingerprint density at radius 2 is 2.00 bits per heavy atom. The first-order valence-electron chi connectivity index (χ1n) is 7.38. The molecular formula is C16H23ClN2O. The molecule has 20 heavy (non-hydrogen) atoms. The standard InChI is InChI=1S/C16H22N2O.ClH/c17-13-7-4-10-18(11-13)16(19)15-9-3-6-12-5-1-2-8-14(12)15;/h1-2,5,8,13,15H,3-4,6-7,9-11,17H2;1H/t13-,15?;/m1./s1. The topological polar surface area (TPSA) is 46.3 Å². The molecular weight excluding hydrogens is 272 g/mol. The van der Waals surface area contributed by atoms with Crippen molar-refractivity contribution in [1.82, 2.24) is 4.90 Å². The Morgan fingerprint density at radius 1 is 1.20 bits per heavy atom. The Hall–Kier alpha value is -1.06. The molecule has 2 N–H and O–H groups in total. The number of nitrogens with zero attached hydrogens (tertiary/aromatic N) is 1. The number of carbonyl (C=O) groups excluding carboxylic acids is 1. The lowest BCUT2D eigenvalue weighted by molar-refractivity contribution is -0.134. The van der Waals surface area contributed by atoms with Crippen molar-refractivity contribution >= 4 is 18.3 Å². The number of fused-ring (bicyclic) bond motifs is 1. The maximum absolute atomic E-state index is 12.7. The second kappa shape index (κ2) is 6.59. The van der Waals surface area contributed by atoms with E-state index in [0.29, 0.717) is 5.91 Å². The van der Waals surface area contributed by atoms with Gasteiger partial charge in [-0.1, -0.05) is 24.3 Å². The summed E-state index contributed by atoms with van der Waals surface area (Å²) in [6.45, 7) is 1.61. The molecule has 1 aromatic carbocycles. The molecule has 3 rings (SSSR count). The molecule has 0 spiro atoms. The zero-order chi connectivity index (χ0) is 13.2. The van der Waals surface area contributed by atoms with Gasteiger partial charge in [-0.25, -0.2) is 0 Å². The van der Waals surface area contributed by atoms with Crippen LogP contribution in [0.15, 0.2) is 24.3 Å². The van der Waals surface area contributed by atoms with Crippen LogP contribution in [-0.2, 0) is 11.2 Å². The van der Waals surface area contributed by atoms with Crippen molar-refractivity contribution in [3.63, 3.8) is 0 Å². The molecule has 1 aliphatic heterocycles. The summed E-state index contributed by atoms with van der Waals surface area (Å²) >= 11 is 0. The van der Waals surface area contributed by atoms with Crippen LogP contribution in [0, 0.1) is 0 Å². The molecule has 0 aromatic heterocycles. The third-order valence-electron chi connectivity index (χ3n) is 4.44. The number of halogens is 1. The summed E-state index contributed by atoms with van der Waals surface area (Å²) in [6, 6.07) is 8.57. The molecule has 1 aromatic rings. The highest BCUT2D eigenvalue weighted by molar-refractivity contribution is 5.85. The van der Waals surface area contributed by atoms with Gasteiger partial charge in [-0.15, -0.1) is 12.4 Å². The normalized spacial score (nSPS) is 25.6. The van der Waals surface area contributed by atoms with Gasteiger partial charge < -0.3 is 10.6 Å². The van der Waals surface area contributed by atoms with E-state index >= 15 is 0 Å². The van der Waals surface area contributed by atoms with Crippen LogP contribution in [-0.4, -0.2) is 29.9 Å². The third-order valence-corrected chi connectivity index (χ3v) is 4.44.